The summed E-state index contributed by atoms with van der Waals surface area (Å²) in [6.07, 6.45) is 0.150. The highest BCUT2D eigenvalue weighted by molar-refractivity contribution is 7.92. The fraction of sp³-hybridized carbons (Fsp3) is 0.174. The van der Waals surface area contributed by atoms with Gasteiger partial charge in [-0.25, -0.2) is 17.2 Å². The van der Waals surface area contributed by atoms with Crippen LogP contribution in [0.25, 0.3) is 0 Å². The van der Waals surface area contributed by atoms with Crippen LogP contribution in [0.15, 0.2) is 71.6 Å². The zero-order valence-electron chi connectivity index (χ0n) is 17.0. The van der Waals surface area contributed by atoms with Gasteiger partial charge in [-0.1, -0.05) is 35.9 Å². The van der Waals surface area contributed by atoms with Crippen LogP contribution in [-0.4, -0.2) is 19.5 Å². The number of aryl methyl sites for hydroxylation is 1. The molecule has 0 saturated carbocycles. The normalized spacial score (nSPS) is 12.4. The average molecular weight is 480 g/mol. The summed E-state index contributed by atoms with van der Waals surface area (Å²) in [4.78, 5) is 10.8. The van der Waals surface area contributed by atoms with Gasteiger partial charge in [0.25, 0.3) is 10.0 Å². The molecule has 0 fully saturated rings. The number of aliphatic carboxylic acids is 1. The Balaban J connectivity index is 2.13. The topological polar surface area (TPSA) is 74.7 Å². The van der Waals surface area contributed by atoms with E-state index in [0.717, 1.165) is 22.5 Å². The minimum atomic E-state index is -4.32. The lowest BCUT2D eigenvalue weighted by molar-refractivity contribution is -0.136. The largest absolute Gasteiger partial charge is 0.481 e. The van der Waals surface area contributed by atoms with Gasteiger partial charge in [0.15, 0.2) is 0 Å². The zero-order valence-corrected chi connectivity index (χ0v) is 18.6. The highest BCUT2D eigenvalue weighted by Crippen LogP contribution is 2.36. The molecule has 5 nitrogen and oxygen atoms in total. The molecular formula is C23H20ClF2NO4S. The molecular weight excluding hydrogens is 460 g/mol. The Labute approximate surface area is 189 Å². The molecule has 32 heavy (non-hydrogen) atoms. The first-order chi connectivity index (χ1) is 15.1. The van der Waals surface area contributed by atoms with Gasteiger partial charge >= 0.3 is 5.97 Å². The van der Waals surface area contributed by atoms with Crippen LogP contribution in [0.2, 0.25) is 5.02 Å². The number of anilines is 1. The predicted molar refractivity (Wildman–Crippen MR) is 118 cm³/mol. The Morgan fingerprint density at radius 3 is 2.41 bits per heavy atom. The Morgan fingerprint density at radius 1 is 1.06 bits per heavy atom. The number of carbonyl (C=O) groups is 1. The Kier molecular flexibility index (Phi) is 7.16. The van der Waals surface area contributed by atoms with E-state index in [4.69, 9.17) is 16.7 Å². The standard InChI is InChI=1S/C23H20ClF2NO4S/c1-15(17-4-2-3-16(13-17)5-12-23(28)29)27(22-14-19(25)8-11-21(22)26)32(30,31)20-9-6-18(24)7-10-20/h2-4,6-11,13-15H,5,12H2,1H3,(H,28,29)/t15-/m1/s1. The molecule has 0 radical (unpaired) electrons. The Hall–Kier alpha value is -2.97. The molecule has 168 valence electrons. The van der Waals surface area contributed by atoms with Crippen molar-refractivity contribution in [2.75, 3.05) is 4.31 Å². The molecule has 0 aliphatic rings. The molecule has 0 saturated heterocycles. The summed E-state index contributed by atoms with van der Waals surface area (Å²) >= 11 is 5.87. The molecule has 9 heteroatoms. The molecule has 0 unspecified atom stereocenters. The van der Waals surface area contributed by atoms with E-state index in [-0.39, 0.29) is 17.7 Å². The van der Waals surface area contributed by atoms with Crippen LogP contribution in [0.4, 0.5) is 14.5 Å². The quantitative estimate of drug-likeness (QED) is 0.457. The van der Waals surface area contributed by atoms with E-state index in [2.05, 4.69) is 0 Å². The minimum Gasteiger partial charge on any atom is -0.481 e. The Bertz CT molecular complexity index is 1230. The second kappa shape index (κ2) is 9.67. The predicted octanol–water partition coefficient (Wildman–Crippen LogP) is 5.59. The zero-order chi connectivity index (χ0) is 23.5. The smallest absolute Gasteiger partial charge is 0.303 e. The van der Waals surface area contributed by atoms with Crippen LogP contribution in [0.5, 0.6) is 0 Å². The van der Waals surface area contributed by atoms with Gasteiger partial charge in [-0.2, -0.15) is 0 Å². The first-order valence-electron chi connectivity index (χ1n) is 9.65. The third-order valence-corrected chi connectivity index (χ3v) is 7.08. The number of nitrogens with zero attached hydrogens (tertiary/aromatic N) is 1. The lowest BCUT2D eigenvalue weighted by Crippen LogP contribution is -2.34. The number of rotatable bonds is 8. The molecule has 3 aromatic carbocycles. The van der Waals surface area contributed by atoms with Crippen LogP contribution in [0.3, 0.4) is 0 Å². The van der Waals surface area contributed by atoms with Crippen molar-refractivity contribution in [2.24, 2.45) is 0 Å². The first kappa shape index (κ1) is 23.7. The number of carboxylic acid groups (broad SMARTS) is 1. The van der Waals surface area contributed by atoms with Crippen LogP contribution >= 0.6 is 11.6 Å². The van der Waals surface area contributed by atoms with Gasteiger partial charge in [0.2, 0.25) is 0 Å². The summed E-state index contributed by atoms with van der Waals surface area (Å²) in [7, 11) is -4.32. The highest BCUT2D eigenvalue weighted by Gasteiger charge is 2.32. The molecule has 1 atom stereocenters. The maximum absolute atomic E-state index is 14.7. The number of benzene rings is 3. The van der Waals surface area contributed by atoms with Gasteiger partial charge in [0.1, 0.15) is 11.6 Å². The fourth-order valence-corrected chi connectivity index (χ4v) is 5.09. The summed E-state index contributed by atoms with van der Waals surface area (Å²) in [6.45, 7) is 1.55. The van der Waals surface area contributed by atoms with Gasteiger partial charge in [-0.15, -0.1) is 0 Å². The van der Waals surface area contributed by atoms with Gasteiger partial charge in [-0.05, 0) is 60.9 Å². The Morgan fingerprint density at radius 2 is 1.75 bits per heavy atom. The van der Waals surface area contributed by atoms with Crippen molar-refractivity contribution >= 4 is 33.3 Å². The molecule has 3 aromatic rings. The third kappa shape index (κ3) is 5.26. The summed E-state index contributed by atoms with van der Waals surface area (Å²) in [5.41, 5.74) is 0.734. The highest BCUT2D eigenvalue weighted by atomic mass is 35.5. The van der Waals surface area contributed by atoms with Crippen LogP contribution < -0.4 is 4.31 Å². The van der Waals surface area contributed by atoms with Crippen molar-refractivity contribution in [2.45, 2.75) is 30.7 Å². The van der Waals surface area contributed by atoms with E-state index in [1.165, 1.54) is 24.3 Å². The first-order valence-corrected chi connectivity index (χ1v) is 11.5. The van der Waals surface area contributed by atoms with Crippen LogP contribution in [-0.2, 0) is 21.2 Å². The van der Waals surface area contributed by atoms with Crippen molar-refractivity contribution in [3.63, 3.8) is 0 Å². The third-order valence-electron chi connectivity index (χ3n) is 4.93. The minimum absolute atomic E-state index is 0.0941. The summed E-state index contributed by atoms with van der Waals surface area (Å²) in [6, 6.07) is 13.7. The second-order valence-corrected chi connectivity index (χ2v) is 9.42. The number of hydrogen-bond donors (Lipinski definition) is 1. The summed E-state index contributed by atoms with van der Waals surface area (Å²) < 4.78 is 56.6. The molecule has 3 rings (SSSR count). The number of sulfonamides is 1. The van der Waals surface area contributed by atoms with Crippen molar-refractivity contribution < 1.29 is 27.1 Å². The van der Waals surface area contributed by atoms with E-state index in [9.17, 15) is 22.0 Å². The molecule has 0 aliphatic heterocycles. The molecule has 1 N–H and O–H groups in total. The van der Waals surface area contributed by atoms with E-state index >= 15 is 0 Å². The van der Waals surface area contributed by atoms with Crippen molar-refractivity contribution in [1.82, 2.24) is 0 Å². The molecule has 0 amide bonds. The van der Waals surface area contributed by atoms with E-state index < -0.39 is 39.4 Å². The monoisotopic (exact) mass is 479 g/mol. The van der Waals surface area contributed by atoms with E-state index in [0.29, 0.717) is 16.1 Å². The number of carboxylic acids is 1. The van der Waals surface area contributed by atoms with Crippen LogP contribution in [0.1, 0.15) is 30.5 Å². The van der Waals surface area contributed by atoms with Gasteiger partial charge in [0.05, 0.1) is 16.6 Å². The van der Waals surface area contributed by atoms with Crippen molar-refractivity contribution in [3.05, 3.63) is 94.5 Å². The van der Waals surface area contributed by atoms with Crippen molar-refractivity contribution in [3.8, 4) is 0 Å². The maximum atomic E-state index is 14.7. The average Bonchev–Trinajstić information content (AvgIpc) is 2.75. The van der Waals surface area contributed by atoms with Gasteiger partial charge < -0.3 is 5.11 Å². The molecule has 0 aromatic heterocycles. The molecule has 0 heterocycles. The van der Waals surface area contributed by atoms with Crippen molar-refractivity contribution in [1.29, 1.82) is 0 Å². The van der Waals surface area contributed by atoms with E-state index in [1.807, 2.05) is 0 Å². The van der Waals surface area contributed by atoms with Gasteiger partial charge in [0, 0.05) is 17.5 Å². The molecule has 0 aliphatic carbocycles. The van der Waals surface area contributed by atoms with E-state index in [1.54, 1.807) is 31.2 Å². The lowest BCUT2D eigenvalue weighted by Gasteiger charge is -2.31. The fourth-order valence-electron chi connectivity index (χ4n) is 3.32. The molecule has 0 bridgehead atoms. The number of hydrogen-bond acceptors (Lipinski definition) is 3. The van der Waals surface area contributed by atoms with Gasteiger partial charge in [-0.3, -0.25) is 9.10 Å². The summed E-state index contributed by atoms with van der Waals surface area (Å²) in [5.74, 6) is -2.66. The molecule has 0 spiro atoms. The SMILES string of the molecule is C[C@H](c1cccc(CCC(=O)O)c1)N(c1cc(F)ccc1F)S(=O)(=O)c1ccc(Cl)cc1. The summed E-state index contributed by atoms with van der Waals surface area (Å²) in [5, 5.41) is 9.25. The number of halogens is 3. The van der Waals surface area contributed by atoms with Crippen LogP contribution in [0, 0.1) is 11.6 Å². The maximum Gasteiger partial charge on any atom is 0.303 e. The lowest BCUT2D eigenvalue weighted by atomic mass is 10.0. The second-order valence-electron chi connectivity index (χ2n) is 7.17.